The molecule has 0 N–H and O–H groups in total. The molecular weight excluding hydrogens is 386 g/mol. The Morgan fingerprint density at radius 1 is 1.12 bits per heavy atom. The van der Waals surface area contributed by atoms with Gasteiger partial charge in [-0.3, -0.25) is 0 Å². The lowest BCUT2D eigenvalue weighted by molar-refractivity contribution is 0.302. The predicted molar refractivity (Wildman–Crippen MR) is 146 cm³/mol. The maximum absolute atomic E-state index is 4.53. The van der Waals surface area contributed by atoms with Crippen LogP contribution in [0.15, 0.2) is 84.7 Å². The fourth-order valence-electron chi connectivity index (χ4n) is 3.84. The molecule has 0 radical (unpaired) electrons. The maximum atomic E-state index is 4.53. The second-order valence-corrected chi connectivity index (χ2v) is 10.0. The highest BCUT2D eigenvalue weighted by atomic mass is 15.1. The van der Waals surface area contributed by atoms with Crippen molar-refractivity contribution in [3.63, 3.8) is 0 Å². The zero-order valence-corrected chi connectivity index (χ0v) is 21.8. The average molecular weight is 436 g/mol. The molecule has 32 heavy (non-hydrogen) atoms. The summed E-state index contributed by atoms with van der Waals surface area (Å²) in [5, 5.41) is 0. The van der Waals surface area contributed by atoms with Crippen molar-refractivity contribution in [3.05, 3.63) is 84.7 Å². The van der Waals surface area contributed by atoms with Gasteiger partial charge in [0.05, 0.1) is 0 Å². The van der Waals surface area contributed by atoms with Crippen LogP contribution in [0.5, 0.6) is 0 Å². The van der Waals surface area contributed by atoms with Gasteiger partial charge in [-0.2, -0.15) is 0 Å². The topological polar surface area (TPSA) is 3.24 Å². The molecule has 0 saturated heterocycles. The Morgan fingerprint density at radius 2 is 1.81 bits per heavy atom. The molecule has 1 aliphatic rings. The zero-order valence-electron chi connectivity index (χ0n) is 21.8. The van der Waals surface area contributed by atoms with Gasteiger partial charge in [0.15, 0.2) is 0 Å². The molecule has 1 unspecified atom stereocenters. The Balaban J connectivity index is 2.97. The fourth-order valence-corrected chi connectivity index (χ4v) is 3.84. The first-order valence-corrected chi connectivity index (χ1v) is 12.5. The third kappa shape index (κ3) is 10.5. The van der Waals surface area contributed by atoms with Gasteiger partial charge in [-0.05, 0) is 94.6 Å². The van der Waals surface area contributed by atoms with E-state index in [0.717, 1.165) is 38.8 Å². The highest BCUT2D eigenvalue weighted by Crippen LogP contribution is 2.49. The standard InChI is InChI=1S/C31H49N/c1-10-13-16-29(27(7)12-3)19-23-32(28(8)18-20-31(9)21-22-31)24-30(25(4)5)17-14-15-26(6)11-2/h10,12-13,16,19,30H,1,4,6,8,11,14-15,17-18,20-24H2,2-3,5,7,9H3/b16-13-,27-12+,29-19+. The monoisotopic (exact) mass is 435 g/mol. The molecule has 1 nitrogen and oxygen atoms in total. The van der Waals surface area contributed by atoms with Crippen LogP contribution in [-0.4, -0.2) is 18.0 Å². The number of nitrogens with zero attached hydrogens (tertiary/aromatic N) is 1. The Bertz CT molecular complexity index is 738. The molecular formula is C31H49N. The van der Waals surface area contributed by atoms with Crippen LogP contribution < -0.4 is 0 Å². The van der Waals surface area contributed by atoms with Crippen LogP contribution in [0.25, 0.3) is 0 Å². The Morgan fingerprint density at radius 3 is 2.34 bits per heavy atom. The smallest absolute Gasteiger partial charge is 0.0365 e. The molecule has 1 fully saturated rings. The second-order valence-electron chi connectivity index (χ2n) is 10.0. The van der Waals surface area contributed by atoms with Crippen molar-refractivity contribution in [3.8, 4) is 0 Å². The summed E-state index contributed by atoms with van der Waals surface area (Å²) in [6, 6.07) is 0. The Kier molecular flexibility index (Phi) is 12.4. The van der Waals surface area contributed by atoms with Crippen LogP contribution in [0.4, 0.5) is 0 Å². The minimum absolute atomic E-state index is 0.483. The maximum Gasteiger partial charge on any atom is 0.0365 e. The molecule has 1 aliphatic carbocycles. The van der Waals surface area contributed by atoms with E-state index in [4.69, 9.17) is 0 Å². The SMILES string of the molecule is C=C\C=C/C(=C\CN(CC(CCCC(=C)CC)C(=C)C)C(=C)CCC1(C)CC1)C(/C)=C/C. The molecule has 1 heteroatoms. The molecule has 0 spiro atoms. The molecule has 0 aromatic rings. The molecule has 1 saturated carbocycles. The van der Waals surface area contributed by atoms with Crippen LogP contribution in [0.2, 0.25) is 0 Å². The summed E-state index contributed by atoms with van der Waals surface area (Å²) in [6.07, 6.45) is 20.1. The van der Waals surface area contributed by atoms with Crippen LogP contribution in [0.1, 0.15) is 86.0 Å². The Hall–Kier alpha value is -2.02. The van der Waals surface area contributed by atoms with Gasteiger partial charge >= 0.3 is 0 Å². The summed E-state index contributed by atoms with van der Waals surface area (Å²) in [4.78, 5) is 2.50. The van der Waals surface area contributed by atoms with Gasteiger partial charge in [-0.15, -0.1) is 0 Å². The Labute approximate surface area is 200 Å². The van der Waals surface area contributed by atoms with Crippen molar-refractivity contribution >= 4 is 0 Å². The molecule has 0 amide bonds. The van der Waals surface area contributed by atoms with E-state index in [0.29, 0.717) is 11.3 Å². The van der Waals surface area contributed by atoms with E-state index in [2.05, 4.69) is 84.1 Å². The predicted octanol–water partition coefficient (Wildman–Crippen LogP) is 9.35. The van der Waals surface area contributed by atoms with Gasteiger partial charge in [0, 0.05) is 18.8 Å². The molecule has 1 rings (SSSR count). The van der Waals surface area contributed by atoms with E-state index < -0.39 is 0 Å². The molecule has 0 aliphatic heterocycles. The van der Waals surface area contributed by atoms with E-state index in [-0.39, 0.29) is 0 Å². The van der Waals surface area contributed by atoms with Gasteiger partial charge in [-0.1, -0.05) is 81.7 Å². The lowest BCUT2D eigenvalue weighted by Gasteiger charge is -2.31. The summed E-state index contributed by atoms with van der Waals surface area (Å²) in [5.41, 5.74) is 6.99. The number of hydrogen-bond donors (Lipinski definition) is 0. The van der Waals surface area contributed by atoms with Crippen molar-refractivity contribution in [1.82, 2.24) is 4.90 Å². The van der Waals surface area contributed by atoms with Crippen molar-refractivity contribution in [2.24, 2.45) is 11.3 Å². The molecule has 0 bridgehead atoms. The molecule has 178 valence electrons. The first-order chi connectivity index (χ1) is 15.2. The largest absolute Gasteiger partial charge is 0.371 e. The number of rotatable bonds is 17. The summed E-state index contributed by atoms with van der Waals surface area (Å²) >= 11 is 0. The molecule has 0 aromatic heterocycles. The van der Waals surface area contributed by atoms with Crippen LogP contribution in [-0.2, 0) is 0 Å². The van der Waals surface area contributed by atoms with Crippen LogP contribution in [0.3, 0.4) is 0 Å². The van der Waals surface area contributed by atoms with E-state index in [9.17, 15) is 0 Å². The van der Waals surface area contributed by atoms with Gasteiger partial charge in [-0.25, -0.2) is 0 Å². The molecule has 0 aromatic carbocycles. The first-order valence-electron chi connectivity index (χ1n) is 12.5. The second kappa shape index (κ2) is 14.2. The number of allylic oxidation sites excluding steroid dienone is 8. The van der Waals surface area contributed by atoms with Crippen molar-refractivity contribution < 1.29 is 0 Å². The molecule has 0 heterocycles. The van der Waals surface area contributed by atoms with Crippen molar-refractivity contribution in [2.45, 2.75) is 86.0 Å². The normalized spacial score (nSPS) is 16.7. The van der Waals surface area contributed by atoms with E-state index in [1.54, 1.807) is 0 Å². The van der Waals surface area contributed by atoms with Crippen LogP contribution >= 0.6 is 0 Å². The van der Waals surface area contributed by atoms with Gasteiger partial charge in [0.1, 0.15) is 0 Å². The van der Waals surface area contributed by atoms with Crippen molar-refractivity contribution in [2.75, 3.05) is 13.1 Å². The highest BCUT2D eigenvalue weighted by molar-refractivity contribution is 5.39. The van der Waals surface area contributed by atoms with E-state index in [1.165, 1.54) is 53.7 Å². The number of hydrogen-bond acceptors (Lipinski definition) is 1. The molecule has 1 atom stereocenters. The average Bonchev–Trinajstić information content (AvgIpc) is 3.51. The summed E-state index contributed by atoms with van der Waals surface area (Å²) in [7, 11) is 0. The summed E-state index contributed by atoms with van der Waals surface area (Å²) in [5.74, 6) is 0.483. The highest BCUT2D eigenvalue weighted by Gasteiger charge is 2.36. The third-order valence-corrected chi connectivity index (χ3v) is 7.12. The van der Waals surface area contributed by atoms with E-state index in [1.807, 2.05) is 12.2 Å². The summed E-state index contributed by atoms with van der Waals surface area (Å²) in [6.45, 7) is 29.8. The van der Waals surface area contributed by atoms with E-state index >= 15 is 0 Å². The van der Waals surface area contributed by atoms with Crippen LogP contribution in [0, 0.1) is 11.3 Å². The minimum atomic E-state index is 0.483. The minimum Gasteiger partial charge on any atom is -0.371 e. The fraction of sp³-hybridized carbons (Fsp3) is 0.548. The van der Waals surface area contributed by atoms with Crippen molar-refractivity contribution in [1.29, 1.82) is 0 Å². The zero-order chi connectivity index (χ0) is 24.1. The quantitative estimate of drug-likeness (QED) is 0.162. The first kappa shape index (κ1) is 28.0. The van der Waals surface area contributed by atoms with Gasteiger partial charge in [0.25, 0.3) is 0 Å². The lowest BCUT2D eigenvalue weighted by Crippen LogP contribution is -2.30. The van der Waals surface area contributed by atoms with Gasteiger partial charge < -0.3 is 4.90 Å². The summed E-state index contributed by atoms with van der Waals surface area (Å²) < 4.78 is 0. The third-order valence-electron chi connectivity index (χ3n) is 7.12. The lowest BCUT2D eigenvalue weighted by atomic mass is 9.92. The van der Waals surface area contributed by atoms with Gasteiger partial charge in [0.2, 0.25) is 0 Å².